The summed E-state index contributed by atoms with van der Waals surface area (Å²) in [7, 11) is 1.84. The van der Waals surface area contributed by atoms with Crippen molar-refractivity contribution in [1.82, 2.24) is 19.7 Å². The first-order chi connectivity index (χ1) is 11.7. The fourth-order valence-corrected chi connectivity index (χ4v) is 2.85. The van der Waals surface area contributed by atoms with Gasteiger partial charge < -0.3 is 14.8 Å². The van der Waals surface area contributed by atoms with Gasteiger partial charge in [-0.05, 0) is 24.1 Å². The Bertz CT molecular complexity index is 896. The maximum Gasteiger partial charge on any atom is 0.189 e. The molecule has 1 aliphatic rings. The highest BCUT2D eigenvalue weighted by Gasteiger charge is 2.17. The number of hydrogen-bond acceptors (Lipinski definition) is 6. The van der Waals surface area contributed by atoms with Crippen LogP contribution in [0.4, 0.5) is 10.2 Å². The molecule has 1 N–H and O–H groups in total. The number of anilines is 1. The molecule has 1 aliphatic heterocycles. The van der Waals surface area contributed by atoms with Crippen LogP contribution < -0.4 is 10.1 Å². The summed E-state index contributed by atoms with van der Waals surface area (Å²) in [6.07, 6.45) is 3.94. The van der Waals surface area contributed by atoms with Crippen molar-refractivity contribution in [1.29, 1.82) is 0 Å². The van der Waals surface area contributed by atoms with E-state index in [1.165, 1.54) is 18.5 Å². The molecule has 0 amide bonds. The van der Waals surface area contributed by atoms with E-state index < -0.39 is 0 Å². The predicted molar refractivity (Wildman–Crippen MR) is 85.2 cm³/mol. The van der Waals surface area contributed by atoms with Crippen molar-refractivity contribution in [2.75, 3.05) is 18.7 Å². The summed E-state index contributed by atoms with van der Waals surface area (Å²) in [5, 5.41) is 8.37. The lowest BCUT2D eigenvalue weighted by atomic mass is 10.1. The summed E-state index contributed by atoms with van der Waals surface area (Å²) < 4.78 is 26.2. The van der Waals surface area contributed by atoms with Gasteiger partial charge in [0, 0.05) is 25.4 Å². The Kier molecular flexibility index (Phi) is 3.73. The van der Waals surface area contributed by atoms with Crippen molar-refractivity contribution in [2.24, 2.45) is 7.05 Å². The number of aromatic nitrogens is 4. The van der Waals surface area contributed by atoms with Crippen LogP contribution in [0.25, 0.3) is 11.0 Å². The van der Waals surface area contributed by atoms with Crippen LogP contribution in [0.5, 0.6) is 5.75 Å². The topological polar surface area (TPSA) is 74.1 Å². The van der Waals surface area contributed by atoms with Gasteiger partial charge in [-0.15, -0.1) is 0 Å². The molecule has 0 saturated heterocycles. The zero-order chi connectivity index (χ0) is 16.5. The number of fused-ring (bicyclic) bond motifs is 2. The van der Waals surface area contributed by atoms with Crippen LogP contribution in [-0.2, 0) is 24.8 Å². The molecule has 7 nitrogen and oxygen atoms in total. The van der Waals surface area contributed by atoms with Gasteiger partial charge in [-0.25, -0.2) is 14.4 Å². The molecule has 0 unspecified atom stereocenters. The van der Waals surface area contributed by atoms with Crippen LogP contribution in [0, 0.1) is 5.82 Å². The number of halogens is 1. The lowest BCUT2D eigenvalue weighted by Crippen LogP contribution is -2.15. The lowest BCUT2D eigenvalue weighted by molar-refractivity contribution is -0.0172. The quantitative estimate of drug-likeness (QED) is 0.789. The third-order valence-electron chi connectivity index (χ3n) is 3.87. The van der Waals surface area contributed by atoms with Gasteiger partial charge in [0.2, 0.25) is 0 Å². The van der Waals surface area contributed by atoms with E-state index in [0.717, 1.165) is 22.3 Å². The first-order valence-electron chi connectivity index (χ1n) is 7.61. The molecule has 4 rings (SSSR count). The molecule has 0 fully saturated rings. The van der Waals surface area contributed by atoms with Crippen molar-refractivity contribution < 1.29 is 13.9 Å². The summed E-state index contributed by atoms with van der Waals surface area (Å²) in [4.78, 5) is 8.39. The van der Waals surface area contributed by atoms with E-state index in [4.69, 9.17) is 9.47 Å². The van der Waals surface area contributed by atoms with Crippen LogP contribution in [0.1, 0.15) is 11.1 Å². The van der Waals surface area contributed by atoms with Crippen LogP contribution in [0.2, 0.25) is 0 Å². The van der Waals surface area contributed by atoms with Gasteiger partial charge in [0.05, 0.1) is 12.0 Å². The number of ether oxygens (including phenoxy) is 2. The van der Waals surface area contributed by atoms with E-state index in [0.29, 0.717) is 31.0 Å². The number of hydrogen-bond donors (Lipinski definition) is 1. The minimum Gasteiger partial charge on any atom is -0.467 e. The number of benzene rings is 1. The van der Waals surface area contributed by atoms with Crippen molar-refractivity contribution in [2.45, 2.75) is 13.0 Å². The summed E-state index contributed by atoms with van der Waals surface area (Å²) >= 11 is 0. The van der Waals surface area contributed by atoms with E-state index in [1.54, 1.807) is 4.68 Å². The van der Waals surface area contributed by atoms with E-state index in [9.17, 15) is 4.39 Å². The van der Waals surface area contributed by atoms with Gasteiger partial charge in [0.15, 0.2) is 12.4 Å². The molecule has 0 atom stereocenters. The lowest BCUT2D eigenvalue weighted by Gasteiger charge is -2.21. The summed E-state index contributed by atoms with van der Waals surface area (Å²) in [6.45, 7) is 1.15. The SMILES string of the molecule is Cn1cc2c(NCCc3cc(F)cc4c3OCOC4)ncnc2n1. The minimum absolute atomic E-state index is 0.196. The van der Waals surface area contributed by atoms with Crippen LogP contribution in [0.15, 0.2) is 24.7 Å². The average Bonchev–Trinajstić information content (AvgIpc) is 2.95. The number of nitrogens with one attached hydrogen (secondary N) is 1. The van der Waals surface area contributed by atoms with Gasteiger partial charge >= 0.3 is 0 Å². The highest BCUT2D eigenvalue weighted by atomic mass is 19.1. The Morgan fingerprint density at radius 1 is 1.33 bits per heavy atom. The second kappa shape index (κ2) is 6.04. The predicted octanol–water partition coefficient (Wildman–Crippen LogP) is 2.02. The van der Waals surface area contributed by atoms with E-state index in [1.807, 2.05) is 13.2 Å². The molecule has 24 heavy (non-hydrogen) atoms. The molecule has 0 spiro atoms. The highest BCUT2D eigenvalue weighted by Crippen LogP contribution is 2.29. The van der Waals surface area contributed by atoms with Crippen molar-refractivity contribution in [3.8, 4) is 5.75 Å². The third-order valence-corrected chi connectivity index (χ3v) is 3.87. The Hall–Kier alpha value is -2.74. The third kappa shape index (κ3) is 2.76. The monoisotopic (exact) mass is 329 g/mol. The van der Waals surface area contributed by atoms with E-state index in [2.05, 4.69) is 20.4 Å². The molecular weight excluding hydrogens is 313 g/mol. The minimum atomic E-state index is -0.283. The fourth-order valence-electron chi connectivity index (χ4n) is 2.85. The first kappa shape index (κ1) is 14.8. The molecule has 0 saturated carbocycles. The standard InChI is InChI=1S/C16H16FN5O2/c1-22-6-13-15(19-8-20-16(13)21-22)18-3-2-10-4-12(17)5-11-7-23-9-24-14(10)11/h4-6,8H,2-3,7,9H2,1H3,(H,18,19,20,21). The van der Waals surface area contributed by atoms with Crippen LogP contribution >= 0.6 is 0 Å². The van der Waals surface area contributed by atoms with Gasteiger partial charge in [0.25, 0.3) is 0 Å². The fraction of sp³-hybridized carbons (Fsp3) is 0.312. The largest absolute Gasteiger partial charge is 0.467 e. The van der Waals surface area contributed by atoms with Gasteiger partial charge in [0.1, 0.15) is 23.7 Å². The average molecular weight is 329 g/mol. The molecule has 0 radical (unpaired) electrons. The maximum atomic E-state index is 13.8. The van der Waals surface area contributed by atoms with E-state index >= 15 is 0 Å². The molecule has 0 bridgehead atoms. The Balaban J connectivity index is 1.52. The summed E-state index contributed by atoms with van der Waals surface area (Å²) in [6, 6.07) is 2.96. The van der Waals surface area contributed by atoms with Gasteiger partial charge in [-0.1, -0.05) is 0 Å². The highest BCUT2D eigenvalue weighted by molar-refractivity contribution is 5.85. The molecule has 8 heteroatoms. The Morgan fingerprint density at radius 3 is 3.17 bits per heavy atom. The number of nitrogens with zero attached hydrogens (tertiary/aromatic N) is 4. The van der Waals surface area contributed by atoms with Crippen LogP contribution in [-0.4, -0.2) is 33.1 Å². The molecule has 3 heterocycles. The van der Waals surface area contributed by atoms with Gasteiger partial charge in [-0.2, -0.15) is 5.10 Å². The number of rotatable bonds is 4. The van der Waals surface area contributed by atoms with E-state index in [-0.39, 0.29) is 12.6 Å². The molecule has 124 valence electrons. The second-order valence-electron chi connectivity index (χ2n) is 5.60. The zero-order valence-corrected chi connectivity index (χ0v) is 13.1. The van der Waals surface area contributed by atoms with Crippen molar-refractivity contribution in [3.05, 3.63) is 41.6 Å². The smallest absolute Gasteiger partial charge is 0.189 e. The molecule has 2 aromatic heterocycles. The zero-order valence-electron chi connectivity index (χ0n) is 13.1. The molecule has 3 aromatic rings. The van der Waals surface area contributed by atoms with Crippen molar-refractivity contribution >= 4 is 16.9 Å². The number of aryl methyl sites for hydroxylation is 1. The first-order valence-corrected chi connectivity index (χ1v) is 7.61. The molecule has 0 aliphatic carbocycles. The maximum absolute atomic E-state index is 13.8. The van der Waals surface area contributed by atoms with Gasteiger partial charge in [-0.3, -0.25) is 4.68 Å². The second-order valence-corrected chi connectivity index (χ2v) is 5.60. The summed E-state index contributed by atoms with van der Waals surface area (Å²) in [5.41, 5.74) is 2.20. The summed E-state index contributed by atoms with van der Waals surface area (Å²) in [5.74, 6) is 1.15. The van der Waals surface area contributed by atoms with Crippen molar-refractivity contribution in [3.63, 3.8) is 0 Å². The Morgan fingerprint density at radius 2 is 2.25 bits per heavy atom. The molecule has 1 aromatic carbocycles. The molecular formula is C16H16FN5O2. The Labute approximate surface area is 137 Å². The normalized spacial score (nSPS) is 13.6. The van der Waals surface area contributed by atoms with Crippen LogP contribution in [0.3, 0.4) is 0 Å².